The second-order valence-electron chi connectivity index (χ2n) is 17.7. The lowest BCUT2D eigenvalue weighted by Gasteiger charge is -2.59. The highest BCUT2D eigenvalue weighted by atomic mass is 16.7. The summed E-state index contributed by atoms with van der Waals surface area (Å²) in [5, 5.41) is 12.6. The molecule has 3 N–H and O–H groups in total. The van der Waals surface area contributed by atoms with E-state index < -0.39 is 6.04 Å². The van der Waals surface area contributed by atoms with E-state index in [9.17, 15) is 24.0 Å². The summed E-state index contributed by atoms with van der Waals surface area (Å²) >= 11 is 0. The van der Waals surface area contributed by atoms with Crippen molar-refractivity contribution in [3.8, 4) is 0 Å². The fraction of sp³-hybridized carbons (Fsp3) is 0.595. The molecule has 2 aromatic rings. The second-order valence-corrected chi connectivity index (χ2v) is 17.7. The molecule has 4 atom stereocenters. The van der Waals surface area contributed by atoms with E-state index in [0.717, 1.165) is 75.8 Å². The molecule has 0 aromatic heterocycles. The Balaban J connectivity index is 0.000000149. The summed E-state index contributed by atoms with van der Waals surface area (Å²) in [6.07, 6.45) is 6.86. The third-order valence-electron chi connectivity index (χ3n) is 13.6. The zero-order valence-corrected chi connectivity index (χ0v) is 32.6. The van der Waals surface area contributed by atoms with Crippen LogP contribution in [-0.4, -0.2) is 130 Å². The van der Waals surface area contributed by atoms with Gasteiger partial charge in [-0.05, 0) is 67.9 Å². The summed E-state index contributed by atoms with van der Waals surface area (Å²) in [5.41, 5.74) is 2.67. The molecule has 2 aromatic carbocycles. The maximum atomic E-state index is 12.9. The Morgan fingerprint density at radius 2 is 1.11 bits per heavy atom. The van der Waals surface area contributed by atoms with Gasteiger partial charge in [0.05, 0.1) is 12.1 Å². The van der Waals surface area contributed by atoms with Crippen LogP contribution in [0.1, 0.15) is 69.4 Å². The Hall–Kier alpha value is -4.73. The van der Waals surface area contributed by atoms with E-state index in [4.69, 9.17) is 9.68 Å². The van der Waals surface area contributed by atoms with Gasteiger partial charge in [-0.15, -0.1) is 0 Å². The number of hydrogen-bond acceptors (Lipinski definition) is 8. The van der Waals surface area contributed by atoms with Gasteiger partial charge in [0.25, 0.3) is 0 Å². The van der Waals surface area contributed by atoms with Gasteiger partial charge in [-0.3, -0.25) is 24.1 Å². The molecule has 2 aliphatic carbocycles. The summed E-state index contributed by atoms with van der Waals surface area (Å²) in [4.78, 5) is 79.5. The van der Waals surface area contributed by atoms with Gasteiger partial charge in [-0.25, -0.2) is 9.59 Å². The van der Waals surface area contributed by atoms with Crippen molar-refractivity contribution >= 4 is 29.8 Å². The standard InChI is InChI=1S/C22H28N4O4.C20H26N4O3/c1-15(27)24-13-22(14-24)9-17(10-22)23-20(28)19-8-7-18-11-25(19)21(29)26(18)30-12-16-5-3-2-4-6-16;25-18(22-15-8-20(9-15)12-21-13-20)17-7-6-16-10-23(17)19(26)24(16)27-11-14-4-2-1-3-5-14/h2-6,17-19H,7-14H2,1H3,(H,23,28);1-5,15-17,21H,6-13H2,(H,22,25)/t18-,19+;16-,17+/m11/s1. The van der Waals surface area contributed by atoms with Crippen molar-refractivity contribution in [1.29, 1.82) is 0 Å². The highest BCUT2D eigenvalue weighted by Gasteiger charge is 2.55. The van der Waals surface area contributed by atoms with E-state index in [1.165, 1.54) is 10.1 Å². The minimum atomic E-state index is -0.425. The first-order chi connectivity index (χ1) is 27.6. The fourth-order valence-corrected chi connectivity index (χ4v) is 10.4. The number of urea groups is 2. The van der Waals surface area contributed by atoms with E-state index >= 15 is 0 Å². The molecule has 7 amide bonds. The number of carbonyl (C=O) groups is 5. The lowest BCUT2D eigenvalue weighted by Crippen LogP contribution is -2.68. The number of fused-ring (bicyclic) bond motifs is 4. The predicted octanol–water partition coefficient (Wildman–Crippen LogP) is 2.77. The van der Waals surface area contributed by atoms with E-state index in [1.807, 2.05) is 65.6 Å². The highest BCUT2D eigenvalue weighted by molar-refractivity contribution is 5.89. The number of carbonyl (C=O) groups excluding carboxylic acids is 5. The average molecular weight is 783 g/mol. The normalized spacial score (nSPS) is 28.9. The minimum Gasteiger partial charge on any atom is -0.352 e. The summed E-state index contributed by atoms with van der Waals surface area (Å²) in [5.74, 6) is 0.0598. The van der Waals surface area contributed by atoms with Gasteiger partial charge in [-0.1, -0.05) is 60.7 Å². The molecule has 2 spiro atoms. The topological polar surface area (TPSA) is 156 Å². The van der Waals surface area contributed by atoms with Crippen molar-refractivity contribution in [3.05, 3.63) is 71.8 Å². The lowest BCUT2D eigenvalue weighted by atomic mass is 9.60. The Labute approximate surface area is 333 Å². The molecule has 6 saturated heterocycles. The van der Waals surface area contributed by atoms with Gasteiger partial charge in [0.1, 0.15) is 25.3 Å². The Bertz CT molecular complexity index is 1840. The number of likely N-dealkylation sites (tertiary alicyclic amines) is 1. The van der Waals surface area contributed by atoms with Crippen molar-refractivity contribution in [2.24, 2.45) is 10.8 Å². The Kier molecular flexibility index (Phi) is 10.1. The van der Waals surface area contributed by atoms with Crippen LogP contribution in [0.3, 0.4) is 0 Å². The molecule has 57 heavy (non-hydrogen) atoms. The highest BCUT2D eigenvalue weighted by Crippen LogP contribution is 2.48. The molecular formula is C42H54N8O7. The molecule has 2 saturated carbocycles. The number of nitrogens with one attached hydrogen (secondary N) is 3. The first-order valence-electron chi connectivity index (χ1n) is 20.7. The van der Waals surface area contributed by atoms with Gasteiger partial charge in [0.15, 0.2) is 0 Å². The zero-order chi connectivity index (χ0) is 39.3. The molecule has 6 heterocycles. The molecule has 8 aliphatic rings. The third-order valence-corrected chi connectivity index (χ3v) is 13.6. The molecule has 304 valence electrons. The lowest BCUT2D eigenvalue weighted by molar-refractivity contribution is -0.151. The monoisotopic (exact) mass is 782 g/mol. The van der Waals surface area contributed by atoms with Gasteiger partial charge < -0.3 is 30.7 Å². The maximum Gasteiger partial charge on any atom is 0.345 e. The molecule has 4 bridgehead atoms. The summed E-state index contributed by atoms with van der Waals surface area (Å²) < 4.78 is 0. The maximum absolute atomic E-state index is 12.9. The predicted molar refractivity (Wildman–Crippen MR) is 206 cm³/mol. The average Bonchev–Trinajstić information content (AvgIpc) is 3.53. The van der Waals surface area contributed by atoms with Crippen LogP contribution in [0, 0.1) is 10.8 Å². The smallest absolute Gasteiger partial charge is 0.345 e. The number of amides is 7. The molecule has 15 nitrogen and oxygen atoms in total. The minimum absolute atomic E-state index is 0.00107. The third kappa shape index (κ3) is 7.45. The van der Waals surface area contributed by atoms with Crippen molar-refractivity contribution < 1.29 is 33.6 Å². The summed E-state index contributed by atoms with van der Waals surface area (Å²) in [6.45, 7) is 7.17. The van der Waals surface area contributed by atoms with Crippen LogP contribution in [0.2, 0.25) is 0 Å². The van der Waals surface area contributed by atoms with Gasteiger partial charge in [0, 0.05) is 63.7 Å². The Morgan fingerprint density at radius 3 is 1.51 bits per heavy atom. The molecule has 0 unspecified atom stereocenters. The zero-order valence-electron chi connectivity index (χ0n) is 32.6. The molecule has 6 aliphatic heterocycles. The van der Waals surface area contributed by atoms with Crippen LogP contribution in [0.15, 0.2) is 60.7 Å². The van der Waals surface area contributed by atoms with Crippen LogP contribution in [-0.2, 0) is 37.3 Å². The quantitative estimate of drug-likeness (QED) is 0.333. The van der Waals surface area contributed by atoms with Crippen LogP contribution >= 0.6 is 0 Å². The van der Waals surface area contributed by atoms with E-state index in [-0.39, 0.29) is 65.4 Å². The Morgan fingerprint density at radius 1 is 0.667 bits per heavy atom. The van der Waals surface area contributed by atoms with Crippen molar-refractivity contribution in [2.45, 2.75) is 108 Å². The number of nitrogens with zero attached hydrogens (tertiary/aromatic N) is 5. The van der Waals surface area contributed by atoms with E-state index in [1.54, 1.807) is 16.7 Å². The van der Waals surface area contributed by atoms with Crippen LogP contribution in [0.25, 0.3) is 0 Å². The number of piperidine rings is 2. The van der Waals surface area contributed by atoms with Gasteiger partial charge >= 0.3 is 12.1 Å². The van der Waals surface area contributed by atoms with E-state index in [2.05, 4.69) is 16.0 Å². The van der Waals surface area contributed by atoms with Crippen LogP contribution in [0.5, 0.6) is 0 Å². The molecule has 8 fully saturated rings. The number of hydrogen-bond donors (Lipinski definition) is 3. The summed E-state index contributed by atoms with van der Waals surface area (Å²) in [6, 6.07) is 18.9. The van der Waals surface area contributed by atoms with Crippen molar-refractivity contribution in [3.63, 3.8) is 0 Å². The van der Waals surface area contributed by atoms with Crippen LogP contribution < -0.4 is 16.0 Å². The van der Waals surface area contributed by atoms with Crippen LogP contribution in [0.4, 0.5) is 9.59 Å². The van der Waals surface area contributed by atoms with Crippen molar-refractivity contribution in [2.75, 3.05) is 39.3 Å². The molecule has 0 radical (unpaired) electrons. The summed E-state index contributed by atoms with van der Waals surface area (Å²) in [7, 11) is 0. The second kappa shape index (κ2) is 15.2. The molecule has 10 rings (SSSR count). The number of rotatable bonds is 10. The SMILES string of the molecule is CC(=O)N1CC2(CC(NC(=O)[C@@H]3CC[C@@H]4CN3C(=O)N4OCc3ccccc3)C2)C1.O=C(NC1CC2(CNC2)C1)[C@@H]1CC[C@@H]2CN1C(=O)N2OCc1ccccc1. The van der Waals surface area contributed by atoms with Gasteiger partial charge in [-0.2, -0.15) is 10.1 Å². The van der Waals surface area contributed by atoms with E-state index in [0.29, 0.717) is 44.6 Å². The number of benzene rings is 2. The first kappa shape index (κ1) is 37.8. The molecule has 15 heteroatoms. The van der Waals surface area contributed by atoms with Crippen molar-refractivity contribution in [1.82, 2.24) is 40.8 Å². The largest absolute Gasteiger partial charge is 0.352 e. The fourth-order valence-electron chi connectivity index (χ4n) is 10.4. The first-order valence-corrected chi connectivity index (χ1v) is 20.7. The van der Waals surface area contributed by atoms with Gasteiger partial charge in [0.2, 0.25) is 17.7 Å². The number of hydroxylamine groups is 4. The molecular weight excluding hydrogens is 729 g/mol.